The quantitative estimate of drug-likeness (QED) is 0.619. The molecule has 2 aromatic carbocycles. The maximum absolute atomic E-state index is 12.3. The SMILES string of the molecule is COc1cc(C(=O)OC(C)C(=O)NCc2ccc(C)cc2)ccc1OCC(N)=O. The molecule has 0 heterocycles. The Morgan fingerprint density at radius 1 is 1.07 bits per heavy atom. The molecular weight excluding hydrogens is 376 g/mol. The van der Waals surface area contributed by atoms with Gasteiger partial charge in [-0.1, -0.05) is 29.8 Å². The summed E-state index contributed by atoms with van der Waals surface area (Å²) >= 11 is 0. The minimum absolute atomic E-state index is 0.173. The summed E-state index contributed by atoms with van der Waals surface area (Å²) in [6.45, 7) is 3.48. The van der Waals surface area contributed by atoms with Gasteiger partial charge in [-0.2, -0.15) is 0 Å². The van der Waals surface area contributed by atoms with E-state index in [1.165, 1.54) is 32.2 Å². The van der Waals surface area contributed by atoms with Crippen molar-refractivity contribution in [3.63, 3.8) is 0 Å². The standard InChI is InChI=1S/C21H24N2O6/c1-13-4-6-15(7-5-13)11-23-20(25)14(2)29-21(26)16-8-9-17(18(10-16)27-3)28-12-19(22)24/h4-10,14H,11-12H2,1-3H3,(H2,22,24)(H,23,25). The molecule has 1 unspecified atom stereocenters. The largest absolute Gasteiger partial charge is 0.493 e. The number of hydrogen-bond acceptors (Lipinski definition) is 6. The molecular formula is C21H24N2O6. The Labute approximate surface area is 168 Å². The highest BCUT2D eigenvalue weighted by atomic mass is 16.5. The fraction of sp³-hybridized carbons (Fsp3) is 0.286. The second-order valence-corrected chi connectivity index (χ2v) is 6.37. The number of carbonyl (C=O) groups is 3. The van der Waals surface area contributed by atoms with Crippen LogP contribution in [0.5, 0.6) is 11.5 Å². The van der Waals surface area contributed by atoms with Crippen molar-refractivity contribution in [3.8, 4) is 11.5 Å². The van der Waals surface area contributed by atoms with Gasteiger partial charge >= 0.3 is 5.97 Å². The molecule has 8 nitrogen and oxygen atoms in total. The molecule has 3 N–H and O–H groups in total. The van der Waals surface area contributed by atoms with E-state index in [0.717, 1.165) is 11.1 Å². The van der Waals surface area contributed by atoms with E-state index in [9.17, 15) is 14.4 Å². The monoisotopic (exact) mass is 400 g/mol. The van der Waals surface area contributed by atoms with Crippen LogP contribution in [0.3, 0.4) is 0 Å². The van der Waals surface area contributed by atoms with Crippen molar-refractivity contribution in [1.29, 1.82) is 0 Å². The zero-order chi connectivity index (χ0) is 21.4. The van der Waals surface area contributed by atoms with Crippen molar-refractivity contribution in [1.82, 2.24) is 5.32 Å². The Kier molecular flexibility index (Phi) is 7.59. The molecule has 0 radical (unpaired) electrons. The molecule has 154 valence electrons. The maximum Gasteiger partial charge on any atom is 0.339 e. The average Bonchev–Trinajstić information content (AvgIpc) is 2.71. The molecule has 0 fully saturated rings. The summed E-state index contributed by atoms with van der Waals surface area (Å²) in [7, 11) is 1.39. The average molecular weight is 400 g/mol. The van der Waals surface area contributed by atoms with Crippen molar-refractivity contribution >= 4 is 17.8 Å². The van der Waals surface area contributed by atoms with E-state index in [0.29, 0.717) is 6.54 Å². The number of primary amides is 1. The van der Waals surface area contributed by atoms with Gasteiger partial charge in [0.1, 0.15) is 0 Å². The Morgan fingerprint density at radius 3 is 2.38 bits per heavy atom. The second kappa shape index (κ2) is 10.1. The first-order valence-corrected chi connectivity index (χ1v) is 8.93. The molecule has 29 heavy (non-hydrogen) atoms. The first kappa shape index (κ1) is 21.7. The van der Waals surface area contributed by atoms with E-state index in [-0.39, 0.29) is 23.7 Å². The van der Waals surface area contributed by atoms with Crippen LogP contribution >= 0.6 is 0 Å². The number of hydrogen-bond donors (Lipinski definition) is 2. The zero-order valence-electron chi connectivity index (χ0n) is 16.6. The number of ether oxygens (including phenoxy) is 3. The van der Waals surface area contributed by atoms with Crippen LogP contribution in [0.1, 0.15) is 28.4 Å². The summed E-state index contributed by atoms with van der Waals surface area (Å²) in [5.74, 6) is -1.25. The molecule has 0 spiro atoms. The lowest BCUT2D eigenvalue weighted by molar-refractivity contribution is -0.129. The number of methoxy groups -OCH3 is 1. The van der Waals surface area contributed by atoms with Crippen LogP contribution in [-0.2, 0) is 20.9 Å². The number of nitrogens with two attached hydrogens (primary N) is 1. The molecule has 0 bridgehead atoms. The molecule has 2 amide bonds. The number of aryl methyl sites for hydroxylation is 1. The molecule has 8 heteroatoms. The molecule has 0 saturated carbocycles. The predicted molar refractivity (Wildman–Crippen MR) is 106 cm³/mol. The second-order valence-electron chi connectivity index (χ2n) is 6.37. The highest BCUT2D eigenvalue weighted by Crippen LogP contribution is 2.28. The normalized spacial score (nSPS) is 11.3. The molecule has 0 aliphatic rings. The molecule has 2 rings (SSSR count). The van der Waals surface area contributed by atoms with E-state index < -0.39 is 23.9 Å². The minimum atomic E-state index is -0.982. The van der Waals surface area contributed by atoms with Crippen LogP contribution in [0, 0.1) is 6.92 Å². The van der Waals surface area contributed by atoms with E-state index in [1.807, 2.05) is 31.2 Å². The Balaban J connectivity index is 1.94. The smallest absolute Gasteiger partial charge is 0.339 e. The highest BCUT2D eigenvalue weighted by Gasteiger charge is 2.20. The fourth-order valence-corrected chi connectivity index (χ4v) is 2.38. The van der Waals surface area contributed by atoms with Gasteiger partial charge in [-0.15, -0.1) is 0 Å². The summed E-state index contributed by atoms with van der Waals surface area (Å²) < 4.78 is 15.6. The van der Waals surface area contributed by atoms with Crippen molar-refractivity contribution in [3.05, 3.63) is 59.2 Å². The van der Waals surface area contributed by atoms with Gasteiger partial charge in [-0.05, 0) is 37.6 Å². The van der Waals surface area contributed by atoms with Crippen molar-refractivity contribution in [2.45, 2.75) is 26.5 Å². The Hall–Kier alpha value is -3.55. The van der Waals surface area contributed by atoms with Crippen LogP contribution in [0.15, 0.2) is 42.5 Å². The molecule has 0 aliphatic heterocycles. The third-order valence-electron chi connectivity index (χ3n) is 4.01. The third kappa shape index (κ3) is 6.53. The maximum atomic E-state index is 12.3. The Bertz CT molecular complexity index is 879. The van der Waals surface area contributed by atoms with E-state index in [1.54, 1.807) is 0 Å². The predicted octanol–water partition coefficient (Wildman–Crippen LogP) is 1.73. The summed E-state index contributed by atoms with van der Waals surface area (Å²) in [4.78, 5) is 35.4. The number of amides is 2. The lowest BCUT2D eigenvalue weighted by Gasteiger charge is -2.15. The summed E-state index contributed by atoms with van der Waals surface area (Å²) in [5, 5.41) is 2.73. The fourth-order valence-electron chi connectivity index (χ4n) is 2.38. The van der Waals surface area contributed by atoms with Crippen molar-refractivity contribution in [2.75, 3.05) is 13.7 Å². The van der Waals surface area contributed by atoms with Crippen LogP contribution in [0.2, 0.25) is 0 Å². The van der Waals surface area contributed by atoms with Gasteiger partial charge in [0.25, 0.3) is 11.8 Å². The summed E-state index contributed by atoms with van der Waals surface area (Å²) in [6, 6.07) is 12.0. The first-order valence-electron chi connectivity index (χ1n) is 8.93. The van der Waals surface area contributed by atoms with Gasteiger partial charge in [-0.25, -0.2) is 4.79 Å². The van der Waals surface area contributed by atoms with E-state index >= 15 is 0 Å². The van der Waals surface area contributed by atoms with E-state index in [4.69, 9.17) is 19.9 Å². The van der Waals surface area contributed by atoms with Gasteiger partial charge in [0.15, 0.2) is 24.2 Å². The first-order chi connectivity index (χ1) is 13.8. The summed E-state index contributed by atoms with van der Waals surface area (Å²) in [5.41, 5.74) is 7.29. The van der Waals surface area contributed by atoms with Crippen LogP contribution in [-0.4, -0.2) is 37.6 Å². The van der Waals surface area contributed by atoms with Gasteiger partial charge in [-0.3, -0.25) is 9.59 Å². The lowest BCUT2D eigenvalue weighted by Crippen LogP contribution is -2.35. The number of rotatable bonds is 9. The zero-order valence-corrected chi connectivity index (χ0v) is 16.6. The number of esters is 1. The van der Waals surface area contributed by atoms with Crippen LogP contribution in [0.25, 0.3) is 0 Å². The van der Waals surface area contributed by atoms with Gasteiger partial charge in [0, 0.05) is 6.54 Å². The van der Waals surface area contributed by atoms with Gasteiger partial charge < -0.3 is 25.3 Å². The lowest BCUT2D eigenvalue weighted by atomic mass is 10.1. The minimum Gasteiger partial charge on any atom is -0.493 e. The molecule has 2 aromatic rings. The van der Waals surface area contributed by atoms with Crippen LogP contribution < -0.4 is 20.5 Å². The van der Waals surface area contributed by atoms with Crippen LogP contribution in [0.4, 0.5) is 0 Å². The van der Waals surface area contributed by atoms with Crippen molar-refractivity contribution < 1.29 is 28.6 Å². The third-order valence-corrected chi connectivity index (χ3v) is 4.01. The molecule has 1 atom stereocenters. The number of nitrogens with one attached hydrogen (secondary N) is 1. The highest BCUT2D eigenvalue weighted by molar-refractivity contribution is 5.92. The van der Waals surface area contributed by atoms with Crippen molar-refractivity contribution in [2.24, 2.45) is 5.73 Å². The molecule has 0 saturated heterocycles. The molecule has 0 aromatic heterocycles. The molecule has 0 aliphatic carbocycles. The van der Waals surface area contributed by atoms with Gasteiger partial charge in [0.2, 0.25) is 0 Å². The number of benzene rings is 2. The topological polar surface area (TPSA) is 117 Å². The van der Waals surface area contributed by atoms with E-state index in [2.05, 4.69) is 5.32 Å². The van der Waals surface area contributed by atoms with Gasteiger partial charge in [0.05, 0.1) is 12.7 Å². The summed E-state index contributed by atoms with van der Waals surface area (Å²) in [6.07, 6.45) is -0.982. The number of carbonyl (C=O) groups excluding carboxylic acids is 3. The Morgan fingerprint density at radius 2 is 1.76 bits per heavy atom.